The highest BCUT2D eigenvalue weighted by Gasteiger charge is 2.52. The summed E-state index contributed by atoms with van der Waals surface area (Å²) in [4.78, 5) is 13.1. The average molecular weight is 617 g/mol. The van der Waals surface area contributed by atoms with Gasteiger partial charge in [-0.25, -0.2) is 0 Å². The first-order valence-electron chi connectivity index (χ1n) is 16.7. The minimum Gasteiger partial charge on any atom is -0.459 e. The minimum absolute atomic E-state index is 0.0415. The highest BCUT2D eigenvalue weighted by molar-refractivity contribution is 6.99. The number of benzene rings is 2. The Bertz CT molecular complexity index is 1250. The van der Waals surface area contributed by atoms with Crippen LogP contribution in [0.2, 0.25) is 5.04 Å². The molecule has 4 nitrogen and oxygen atoms in total. The maximum atomic E-state index is 13.1. The van der Waals surface area contributed by atoms with E-state index in [1.165, 1.54) is 15.9 Å². The fourth-order valence-corrected chi connectivity index (χ4v) is 12.2. The van der Waals surface area contributed by atoms with E-state index in [1.54, 1.807) is 0 Å². The number of carbonyl (C=O) groups is 1. The van der Waals surface area contributed by atoms with Gasteiger partial charge in [0.2, 0.25) is 0 Å². The molecular formula is C39H56O4Si. The number of allylic oxidation sites excluding steroid dienone is 2. The van der Waals surface area contributed by atoms with Crippen LogP contribution in [-0.4, -0.2) is 37.7 Å². The Balaban J connectivity index is 1.82. The van der Waals surface area contributed by atoms with Crippen molar-refractivity contribution in [3.8, 4) is 0 Å². The summed E-state index contributed by atoms with van der Waals surface area (Å²) in [6.07, 6.45) is 8.07. The topological polar surface area (TPSA) is 55.8 Å². The largest absolute Gasteiger partial charge is 0.459 e. The van der Waals surface area contributed by atoms with Crippen LogP contribution in [-0.2, 0) is 14.0 Å². The average Bonchev–Trinajstić information content (AvgIpc) is 2.96. The van der Waals surface area contributed by atoms with E-state index in [9.17, 15) is 9.90 Å². The smallest absolute Gasteiger partial charge is 0.311 e. The Labute approximate surface area is 268 Å². The monoisotopic (exact) mass is 616 g/mol. The van der Waals surface area contributed by atoms with Crippen molar-refractivity contribution in [2.75, 3.05) is 0 Å². The summed E-state index contributed by atoms with van der Waals surface area (Å²) < 4.78 is 13.8. The predicted molar refractivity (Wildman–Crippen MR) is 185 cm³/mol. The molecule has 0 saturated carbocycles. The maximum Gasteiger partial charge on any atom is 0.311 e. The molecule has 2 aromatic rings. The molecule has 0 aliphatic heterocycles. The molecule has 2 aromatic carbocycles. The first-order valence-corrected chi connectivity index (χ1v) is 18.6. The van der Waals surface area contributed by atoms with Crippen LogP contribution in [0.3, 0.4) is 0 Å². The van der Waals surface area contributed by atoms with Crippen LogP contribution in [0.25, 0.3) is 0 Å². The lowest BCUT2D eigenvalue weighted by atomic mass is 9.64. The van der Waals surface area contributed by atoms with E-state index >= 15 is 0 Å². The van der Waals surface area contributed by atoms with Crippen LogP contribution in [0.5, 0.6) is 0 Å². The fraction of sp³-hybridized carbons (Fsp3) is 0.564. The molecule has 0 bridgehead atoms. The molecule has 0 radical (unpaired) electrons. The Hall–Kier alpha value is -2.47. The van der Waals surface area contributed by atoms with Gasteiger partial charge in [0.05, 0.1) is 5.41 Å². The summed E-state index contributed by atoms with van der Waals surface area (Å²) in [6.45, 7) is 19.5. The summed E-state index contributed by atoms with van der Waals surface area (Å²) in [7, 11) is -2.78. The lowest BCUT2D eigenvalue weighted by Crippen LogP contribution is -2.67. The number of aliphatic hydroxyl groups is 1. The van der Waals surface area contributed by atoms with Crippen LogP contribution >= 0.6 is 0 Å². The van der Waals surface area contributed by atoms with Gasteiger partial charge in [-0.15, -0.1) is 0 Å². The highest BCUT2D eigenvalue weighted by Crippen LogP contribution is 2.46. The highest BCUT2D eigenvalue weighted by atomic mass is 28.4. The summed E-state index contributed by atoms with van der Waals surface area (Å²) in [5.41, 5.74) is 0.759. The van der Waals surface area contributed by atoms with Gasteiger partial charge in [-0.1, -0.05) is 119 Å². The van der Waals surface area contributed by atoms with Crippen molar-refractivity contribution in [1.29, 1.82) is 0 Å². The molecule has 2 aliphatic rings. The van der Waals surface area contributed by atoms with Crippen molar-refractivity contribution in [2.24, 2.45) is 29.1 Å². The third-order valence-corrected chi connectivity index (χ3v) is 15.1. The Morgan fingerprint density at radius 2 is 1.45 bits per heavy atom. The molecule has 1 N–H and O–H groups in total. The van der Waals surface area contributed by atoms with E-state index in [2.05, 4.69) is 114 Å². The second-order valence-corrected chi connectivity index (χ2v) is 19.8. The van der Waals surface area contributed by atoms with Crippen molar-refractivity contribution in [1.82, 2.24) is 0 Å². The molecule has 6 atom stereocenters. The zero-order chi connectivity index (χ0) is 32.3. The Morgan fingerprint density at radius 3 is 1.95 bits per heavy atom. The van der Waals surface area contributed by atoms with Gasteiger partial charge in [0.15, 0.2) is 0 Å². The number of hydrogen-bond donors (Lipinski definition) is 1. The fourth-order valence-electron chi connectivity index (χ4n) is 7.50. The summed E-state index contributed by atoms with van der Waals surface area (Å²) in [5, 5.41) is 13.9. The molecule has 240 valence electrons. The van der Waals surface area contributed by atoms with Crippen molar-refractivity contribution < 1.29 is 19.1 Å². The number of carbonyl (C=O) groups excluding carboxylic acids is 1. The summed E-state index contributed by atoms with van der Waals surface area (Å²) in [6, 6.07) is 21.7. The second kappa shape index (κ2) is 13.9. The van der Waals surface area contributed by atoms with Crippen LogP contribution in [0.4, 0.5) is 0 Å². The molecule has 44 heavy (non-hydrogen) atoms. The predicted octanol–water partition coefficient (Wildman–Crippen LogP) is 7.85. The molecule has 4 rings (SSSR count). The third kappa shape index (κ3) is 7.49. The minimum atomic E-state index is -2.78. The van der Waals surface area contributed by atoms with Crippen LogP contribution in [0.15, 0.2) is 84.5 Å². The first kappa shape index (κ1) is 34.4. The van der Waals surface area contributed by atoms with Crippen LogP contribution < -0.4 is 10.4 Å². The van der Waals surface area contributed by atoms with Gasteiger partial charge in [-0.05, 0) is 92.5 Å². The van der Waals surface area contributed by atoms with E-state index in [0.29, 0.717) is 24.7 Å². The molecule has 0 aromatic heterocycles. The number of aliphatic hydroxyl groups excluding tert-OH is 1. The van der Waals surface area contributed by atoms with Gasteiger partial charge >= 0.3 is 5.97 Å². The molecular weight excluding hydrogens is 561 g/mol. The maximum absolute atomic E-state index is 13.1. The summed E-state index contributed by atoms with van der Waals surface area (Å²) >= 11 is 0. The van der Waals surface area contributed by atoms with Crippen molar-refractivity contribution in [3.05, 3.63) is 84.5 Å². The molecule has 0 unspecified atom stereocenters. The normalized spacial score (nSPS) is 26.9. The second-order valence-electron chi connectivity index (χ2n) is 15.6. The van der Waals surface area contributed by atoms with Gasteiger partial charge in [0, 0.05) is 6.10 Å². The molecule has 5 heteroatoms. The van der Waals surface area contributed by atoms with Crippen molar-refractivity contribution >= 4 is 24.7 Å². The number of ether oxygens (including phenoxy) is 1. The zero-order valence-corrected chi connectivity index (χ0v) is 29.5. The van der Waals surface area contributed by atoms with E-state index in [4.69, 9.17) is 9.16 Å². The molecule has 0 fully saturated rings. The standard InChI is InChI=1S/C39H56O4Si/c1-27(2)32-24-23-28(3)33-25-29(17-16-22-35(40)36(26-34(32)33)42-37(41)38(4,5)6)43-44(39(7,8)9,30-18-12-10-13-19-30)31-20-14-11-15-21-31/h10-16,18-23,27,29,32-36,40H,17,24-26H2,1-9H3/t29-,32-,33+,34-,35+,36+/m1/s1. The van der Waals surface area contributed by atoms with Gasteiger partial charge < -0.3 is 14.3 Å². The van der Waals surface area contributed by atoms with Gasteiger partial charge in [-0.3, -0.25) is 4.79 Å². The molecule has 0 saturated heterocycles. The molecule has 2 aliphatic carbocycles. The van der Waals surface area contributed by atoms with E-state index in [1.807, 2.05) is 26.8 Å². The Kier molecular flexibility index (Phi) is 10.9. The SMILES string of the molecule is CC1=CC[C@H](C(C)C)[C@H]2C[C@H](OC(=O)C(C)(C)C)[C@@H](O)C=CC[C@@H](O[Si](c3ccccc3)(c3ccccc3)C(C)(C)C)C[C@@H]12. The van der Waals surface area contributed by atoms with Gasteiger partial charge in [-0.2, -0.15) is 0 Å². The van der Waals surface area contributed by atoms with E-state index in [0.717, 1.165) is 12.8 Å². The van der Waals surface area contributed by atoms with Crippen LogP contribution in [0.1, 0.15) is 88.0 Å². The first-order chi connectivity index (χ1) is 20.6. The quantitative estimate of drug-likeness (QED) is 0.204. The van der Waals surface area contributed by atoms with Crippen molar-refractivity contribution in [3.63, 3.8) is 0 Å². The van der Waals surface area contributed by atoms with Gasteiger partial charge in [0.25, 0.3) is 8.32 Å². The zero-order valence-electron chi connectivity index (χ0n) is 28.5. The van der Waals surface area contributed by atoms with E-state index in [-0.39, 0.29) is 28.9 Å². The number of hydrogen-bond acceptors (Lipinski definition) is 4. The lowest BCUT2D eigenvalue weighted by Gasteiger charge is -2.47. The number of esters is 1. The number of fused-ring (bicyclic) bond motifs is 1. The van der Waals surface area contributed by atoms with E-state index < -0.39 is 25.9 Å². The summed E-state index contributed by atoms with van der Waals surface area (Å²) in [5.74, 6) is 1.18. The number of rotatable bonds is 6. The lowest BCUT2D eigenvalue weighted by molar-refractivity contribution is -0.165. The molecule has 0 spiro atoms. The van der Waals surface area contributed by atoms with Gasteiger partial charge in [0.1, 0.15) is 12.2 Å². The third-order valence-electron chi connectivity index (χ3n) is 9.99. The van der Waals surface area contributed by atoms with Crippen LogP contribution in [0, 0.1) is 29.1 Å². The van der Waals surface area contributed by atoms with Crippen molar-refractivity contribution in [2.45, 2.75) is 111 Å². The molecule has 0 amide bonds. The molecule has 0 heterocycles. The Morgan fingerprint density at radius 1 is 0.886 bits per heavy atom.